The topological polar surface area (TPSA) is 172 Å². The van der Waals surface area contributed by atoms with E-state index in [1.807, 2.05) is 32.2 Å². The number of rotatable bonds is 9. The van der Waals surface area contributed by atoms with E-state index in [4.69, 9.17) is 19.4 Å². The van der Waals surface area contributed by atoms with Gasteiger partial charge in [-0.1, -0.05) is 40.3 Å². The van der Waals surface area contributed by atoms with Crippen LogP contribution in [0.5, 0.6) is 0 Å². The van der Waals surface area contributed by atoms with E-state index in [9.17, 15) is 24.0 Å². The predicted molar refractivity (Wildman–Crippen MR) is 314 cm³/mol. The third kappa shape index (κ3) is 12.9. The lowest BCUT2D eigenvalue weighted by Gasteiger charge is -2.39. The number of esters is 1. The van der Waals surface area contributed by atoms with Crippen molar-refractivity contribution in [1.29, 1.82) is 0 Å². The van der Waals surface area contributed by atoms with Gasteiger partial charge in [0, 0.05) is 85.8 Å². The molecule has 4 aromatic rings. The molecule has 2 N–H and O–H groups in total. The number of amides is 5. The Bertz CT molecular complexity index is 2560. The number of piperazine rings is 1. The number of urea groups is 1. The van der Waals surface area contributed by atoms with E-state index < -0.39 is 41.3 Å². The van der Waals surface area contributed by atoms with Gasteiger partial charge >= 0.3 is 12.0 Å². The molecule has 0 aliphatic carbocycles. The molecule has 0 saturated carbocycles. The maximum Gasteiger partial charge on any atom is 0.324 e. The largest absolute Gasteiger partial charge is 0.464 e. The van der Waals surface area contributed by atoms with Gasteiger partial charge < -0.3 is 34.1 Å². The molecule has 23 heteroatoms. The van der Waals surface area contributed by atoms with Gasteiger partial charge in [-0.05, 0) is 81.4 Å². The summed E-state index contributed by atoms with van der Waals surface area (Å²) in [5.41, 5.74) is 9.27. The summed E-state index contributed by atoms with van der Waals surface area (Å²) in [5.74, 6) is -1.82. The Morgan fingerprint density at radius 1 is 1.06 bits per heavy atom. The molecule has 3 saturated heterocycles. The second-order valence-electron chi connectivity index (χ2n) is 19.2. The smallest absolute Gasteiger partial charge is 0.324 e. The van der Waals surface area contributed by atoms with Gasteiger partial charge in [-0.3, -0.25) is 29.2 Å². The molecule has 5 amide bonds. The number of hydrogen-bond donors (Lipinski definition) is 2. The maximum atomic E-state index is 14.7. The third-order valence-corrected chi connectivity index (χ3v) is 14.6. The van der Waals surface area contributed by atoms with Gasteiger partial charge in [0.2, 0.25) is 11.8 Å². The molecule has 0 radical (unpaired) electrons. The Hall–Kier alpha value is -3.55. The number of fused-ring (bicyclic) bond motifs is 8. The molecule has 72 heavy (non-hydrogen) atoms. The van der Waals surface area contributed by atoms with E-state index in [0.717, 1.165) is 44.7 Å². The highest BCUT2D eigenvalue weighted by molar-refractivity contribution is 7.60. The van der Waals surface area contributed by atoms with Crippen LogP contribution >= 0.6 is 92.3 Å². The number of nitrogens with zero attached hydrogens (tertiary/aromatic N) is 7. The van der Waals surface area contributed by atoms with Crippen molar-refractivity contribution in [2.45, 2.75) is 117 Å². The number of carbonyl (C=O) groups excluding carboxylic acids is 5. The molecular formula is C49H75N9O7S7. The van der Waals surface area contributed by atoms with Crippen molar-refractivity contribution in [1.82, 2.24) is 45.0 Å². The third-order valence-electron chi connectivity index (χ3n) is 13.7. The highest BCUT2D eigenvalue weighted by Crippen LogP contribution is 2.42. The minimum atomic E-state index is -1.08. The molecule has 6 atom stereocenters. The van der Waals surface area contributed by atoms with Crippen molar-refractivity contribution in [3.05, 3.63) is 70.8 Å². The first-order valence-electron chi connectivity index (χ1n) is 23.1. The minimum Gasteiger partial charge on any atom is -0.464 e. The number of ether oxygens (including phenoxy) is 2. The second kappa shape index (κ2) is 26.8. The van der Waals surface area contributed by atoms with Gasteiger partial charge in [0.05, 0.1) is 46.9 Å². The van der Waals surface area contributed by atoms with Crippen molar-refractivity contribution >= 4 is 133 Å². The average Bonchev–Trinajstić information content (AvgIpc) is 4.12. The van der Waals surface area contributed by atoms with Gasteiger partial charge in [-0.25, -0.2) is 15.2 Å². The predicted octanol–water partition coefficient (Wildman–Crippen LogP) is 6.43. The van der Waals surface area contributed by atoms with Crippen molar-refractivity contribution in [3.63, 3.8) is 0 Å². The fourth-order valence-electron chi connectivity index (χ4n) is 10.4. The van der Waals surface area contributed by atoms with Crippen LogP contribution in [0.1, 0.15) is 83.2 Å². The Balaban J connectivity index is 0.00000296. The van der Waals surface area contributed by atoms with Crippen LogP contribution in [0.15, 0.2) is 54.6 Å². The number of aryl methyl sites for hydroxylation is 1. The number of methoxy groups -OCH3 is 1. The molecule has 1 aromatic carbocycles. The monoisotopic (exact) mass is 1130 g/mol. The van der Waals surface area contributed by atoms with Crippen LogP contribution in [0, 0.1) is 11.3 Å². The van der Waals surface area contributed by atoms with E-state index in [1.54, 1.807) is 30.2 Å². The zero-order valence-electron chi connectivity index (χ0n) is 42.3. The number of thiazole rings is 1. The van der Waals surface area contributed by atoms with Crippen LogP contribution in [0.25, 0.3) is 33.4 Å². The highest BCUT2D eigenvalue weighted by Gasteiger charge is 2.48. The molecule has 8 bridgehead atoms. The SMILES string of the molecule is C=CC(=O)N1C[C@@H]2C[C@H]1CN2C(=O)N(C)[C@H](C(=O)N[C@H]1Cc2nc(cs2)-c2ccc3c(c2)c(c(-c2cccnc2[C@H](C)OC)n3CC)CC(C)(C)COC(=O)[C@@H]2CCCN(N2)C1=O)C(C)C.S.S.S.S.S.S. The van der Waals surface area contributed by atoms with Crippen molar-refractivity contribution in [2.75, 3.05) is 40.4 Å². The lowest BCUT2D eigenvalue weighted by Crippen LogP contribution is -2.63. The van der Waals surface area contributed by atoms with Crippen LogP contribution in [-0.2, 0) is 48.0 Å². The van der Waals surface area contributed by atoms with E-state index in [-0.39, 0.29) is 130 Å². The van der Waals surface area contributed by atoms with E-state index in [0.29, 0.717) is 56.9 Å². The fourth-order valence-corrected chi connectivity index (χ4v) is 11.2. The average molecular weight is 1130 g/mol. The Morgan fingerprint density at radius 3 is 2.39 bits per heavy atom. The Morgan fingerprint density at radius 2 is 1.75 bits per heavy atom. The Kier molecular flexibility index (Phi) is 24.0. The summed E-state index contributed by atoms with van der Waals surface area (Å²) in [5, 5.41) is 8.12. The molecule has 8 rings (SSSR count). The molecule has 16 nitrogen and oxygen atoms in total. The number of cyclic esters (lactones) is 1. The molecule has 0 spiro atoms. The zero-order valence-corrected chi connectivity index (χ0v) is 49.2. The van der Waals surface area contributed by atoms with Gasteiger partial charge in [0.25, 0.3) is 5.91 Å². The van der Waals surface area contributed by atoms with Crippen LogP contribution in [-0.4, -0.2) is 135 Å². The zero-order chi connectivity index (χ0) is 47.2. The summed E-state index contributed by atoms with van der Waals surface area (Å²) in [7, 11) is 3.30. The molecule has 4 aliphatic heterocycles. The van der Waals surface area contributed by atoms with Gasteiger partial charge in [0.15, 0.2) is 0 Å². The number of pyridine rings is 1. The lowest BCUT2D eigenvalue weighted by atomic mass is 9.84. The number of aromatic nitrogens is 3. The number of carbonyl (C=O) groups is 5. The fraction of sp³-hybridized carbons (Fsp3) is 0.531. The second-order valence-corrected chi connectivity index (χ2v) is 20.2. The summed E-state index contributed by atoms with van der Waals surface area (Å²) in [6.45, 7) is 17.6. The molecule has 3 fully saturated rings. The van der Waals surface area contributed by atoms with E-state index in [1.165, 1.54) is 27.3 Å². The van der Waals surface area contributed by atoms with Gasteiger partial charge in [-0.2, -0.15) is 81.0 Å². The van der Waals surface area contributed by atoms with Crippen molar-refractivity contribution in [3.8, 4) is 22.5 Å². The minimum absolute atomic E-state index is 0. The van der Waals surface area contributed by atoms with E-state index >= 15 is 0 Å². The van der Waals surface area contributed by atoms with Crippen LogP contribution in [0.3, 0.4) is 0 Å². The van der Waals surface area contributed by atoms with Crippen molar-refractivity contribution < 1.29 is 33.4 Å². The first-order valence-corrected chi connectivity index (χ1v) is 24.0. The van der Waals surface area contributed by atoms with E-state index in [2.05, 4.69) is 66.9 Å². The molecular weight excluding hydrogens is 1050 g/mol. The van der Waals surface area contributed by atoms with Gasteiger partial charge in [0.1, 0.15) is 18.1 Å². The highest BCUT2D eigenvalue weighted by atomic mass is 32.1. The summed E-state index contributed by atoms with van der Waals surface area (Å²) in [6.07, 6.45) is 5.16. The number of hydrazine groups is 1. The number of likely N-dealkylation sites (N-methyl/N-ethyl adjacent to an activating group) is 1. The molecule has 4 aliphatic rings. The van der Waals surface area contributed by atoms with Crippen LogP contribution in [0.2, 0.25) is 0 Å². The number of hydrogen-bond acceptors (Lipinski definition) is 11. The quantitative estimate of drug-likeness (QED) is 0.141. The molecule has 7 heterocycles. The summed E-state index contributed by atoms with van der Waals surface area (Å²) < 4.78 is 14.2. The molecule has 400 valence electrons. The van der Waals surface area contributed by atoms with Gasteiger partial charge in [-0.15, -0.1) is 11.3 Å². The maximum absolute atomic E-state index is 14.7. The summed E-state index contributed by atoms with van der Waals surface area (Å²) in [4.78, 5) is 84.4. The summed E-state index contributed by atoms with van der Waals surface area (Å²) in [6, 6.07) is 7.05. The standard InChI is InChI=1S/C49H63N9O7S.6H2S/c1-10-41(59)56-24-32-21-31(56)25-57(32)48(63)54(8)43(28(3)4)45(60)52-37-22-40-51-38(26-66-40)30-16-17-39-34(20-30)35(44(55(39)11-2)33-14-12-18-50-42(33)29(5)64-9)23-49(6,7)27-65-47(62)36-15-13-19-58(53-36)46(37)61;;;;;;/h10,12,14,16-18,20,26,28-29,31-32,36-37,43,53H,1,11,13,15,19,21-25,27H2,2-9H3,(H,52,60);6*1H2/t29-,31-,32-,36-,37-,43-;;;;;;/m0....../s1. The number of likely N-dealkylation sites (tertiary alicyclic amines) is 2. The number of benzene rings is 1. The Labute approximate surface area is 469 Å². The summed E-state index contributed by atoms with van der Waals surface area (Å²) >= 11 is 1.41. The first kappa shape index (κ1) is 64.6. The van der Waals surface area contributed by atoms with Crippen LogP contribution in [0.4, 0.5) is 4.79 Å². The normalized spacial score (nSPS) is 20.9. The number of nitrogens with one attached hydrogen (secondary N) is 2. The first-order chi connectivity index (χ1) is 31.5. The van der Waals surface area contributed by atoms with Crippen LogP contribution < -0.4 is 10.7 Å². The molecule has 3 aromatic heterocycles. The van der Waals surface area contributed by atoms with Crippen molar-refractivity contribution in [2.24, 2.45) is 11.3 Å². The lowest BCUT2D eigenvalue weighted by molar-refractivity contribution is -0.155. The molecule has 0 unspecified atom stereocenters.